The molecule has 1 saturated carbocycles. The monoisotopic (exact) mass is 206 g/mol. The normalized spacial score (nSPS) is 17.5. The van der Waals surface area contributed by atoms with E-state index in [1.54, 1.807) is 7.11 Å². The minimum Gasteiger partial charge on any atom is -0.496 e. The Hall–Kier alpha value is -1.02. The fraction of sp³-hybridized carbons (Fsp3) is 0.538. The van der Waals surface area contributed by atoms with E-state index in [0.717, 1.165) is 25.0 Å². The van der Waals surface area contributed by atoms with Crippen LogP contribution in [-0.2, 0) is 6.42 Å². The molecule has 15 heavy (non-hydrogen) atoms. The molecule has 82 valence electrons. The molecule has 1 aromatic carbocycles. The van der Waals surface area contributed by atoms with Crippen LogP contribution >= 0.6 is 0 Å². The number of aliphatic hydroxyl groups excluding tert-OH is 1. The van der Waals surface area contributed by atoms with Gasteiger partial charge in [0.25, 0.3) is 0 Å². The Kier molecular flexibility index (Phi) is 2.70. The highest BCUT2D eigenvalue weighted by atomic mass is 16.5. The molecular formula is C13H18O2. The smallest absolute Gasteiger partial charge is 0.122 e. The highest BCUT2D eigenvalue weighted by molar-refractivity contribution is 5.40. The molecule has 1 aliphatic carbocycles. The maximum atomic E-state index is 9.30. The van der Waals surface area contributed by atoms with E-state index >= 15 is 0 Å². The number of ether oxygens (including phenoxy) is 1. The molecule has 0 spiro atoms. The molecule has 0 unspecified atom stereocenters. The Balaban J connectivity index is 2.21. The lowest BCUT2D eigenvalue weighted by atomic mass is 9.94. The van der Waals surface area contributed by atoms with Gasteiger partial charge in [-0.3, -0.25) is 0 Å². The predicted molar refractivity (Wildman–Crippen MR) is 60.2 cm³/mol. The van der Waals surface area contributed by atoms with Gasteiger partial charge >= 0.3 is 0 Å². The third kappa shape index (κ3) is 2.00. The molecule has 0 bridgehead atoms. The van der Waals surface area contributed by atoms with E-state index in [4.69, 9.17) is 4.74 Å². The van der Waals surface area contributed by atoms with Gasteiger partial charge in [-0.1, -0.05) is 12.1 Å². The van der Waals surface area contributed by atoms with Crippen molar-refractivity contribution in [2.75, 3.05) is 13.7 Å². The zero-order valence-corrected chi connectivity index (χ0v) is 9.42. The fourth-order valence-electron chi connectivity index (χ4n) is 2.04. The van der Waals surface area contributed by atoms with Crippen molar-refractivity contribution >= 4 is 0 Å². The molecule has 1 N–H and O–H groups in total. The average molecular weight is 206 g/mol. The van der Waals surface area contributed by atoms with Crippen molar-refractivity contribution in [3.8, 4) is 5.75 Å². The lowest BCUT2D eigenvalue weighted by Crippen LogP contribution is -2.11. The molecule has 1 aromatic rings. The first-order valence-electron chi connectivity index (χ1n) is 5.44. The van der Waals surface area contributed by atoms with Gasteiger partial charge in [0.05, 0.1) is 7.11 Å². The van der Waals surface area contributed by atoms with Gasteiger partial charge in [-0.25, -0.2) is 0 Å². The van der Waals surface area contributed by atoms with Crippen LogP contribution in [0.25, 0.3) is 0 Å². The summed E-state index contributed by atoms with van der Waals surface area (Å²) in [6.07, 6.45) is 3.28. The maximum absolute atomic E-state index is 9.30. The van der Waals surface area contributed by atoms with Crippen LogP contribution < -0.4 is 4.74 Å². The summed E-state index contributed by atoms with van der Waals surface area (Å²) in [7, 11) is 1.70. The minimum atomic E-state index is 0.178. The Morgan fingerprint density at radius 2 is 2.13 bits per heavy atom. The Morgan fingerprint density at radius 1 is 1.40 bits per heavy atom. The zero-order chi connectivity index (χ0) is 10.9. The Morgan fingerprint density at radius 3 is 2.67 bits per heavy atom. The second-order valence-electron chi connectivity index (χ2n) is 4.58. The highest BCUT2D eigenvalue weighted by Crippen LogP contribution is 2.48. The molecule has 0 radical (unpaired) electrons. The lowest BCUT2D eigenvalue weighted by molar-refractivity contribution is 0.211. The third-order valence-corrected chi connectivity index (χ3v) is 3.47. The molecule has 2 nitrogen and oxygen atoms in total. The van der Waals surface area contributed by atoms with E-state index in [-0.39, 0.29) is 5.41 Å². The zero-order valence-electron chi connectivity index (χ0n) is 9.42. The summed E-state index contributed by atoms with van der Waals surface area (Å²) in [6.45, 7) is 2.39. The number of benzene rings is 1. The summed E-state index contributed by atoms with van der Waals surface area (Å²) in [5, 5.41) is 9.30. The fourth-order valence-corrected chi connectivity index (χ4v) is 2.04. The second kappa shape index (κ2) is 3.86. The first-order chi connectivity index (χ1) is 7.21. The van der Waals surface area contributed by atoms with Crippen LogP contribution in [0.5, 0.6) is 5.75 Å². The summed E-state index contributed by atoms with van der Waals surface area (Å²) >= 11 is 0. The first-order valence-corrected chi connectivity index (χ1v) is 5.44. The lowest BCUT2D eigenvalue weighted by Gasteiger charge is -2.15. The Bertz CT molecular complexity index is 354. The topological polar surface area (TPSA) is 29.5 Å². The molecule has 2 rings (SSSR count). The van der Waals surface area contributed by atoms with Crippen molar-refractivity contribution in [1.29, 1.82) is 0 Å². The van der Waals surface area contributed by atoms with Crippen LogP contribution in [0.3, 0.4) is 0 Å². The molecule has 0 aliphatic heterocycles. The second-order valence-corrected chi connectivity index (χ2v) is 4.58. The Labute approximate surface area is 90.9 Å². The van der Waals surface area contributed by atoms with Crippen molar-refractivity contribution < 1.29 is 9.84 Å². The van der Waals surface area contributed by atoms with Crippen LogP contribution in [0, 0.1) is 12.3 Å². The summed E-state index contributed by atoms with van der Waals surface area (Å²) < 4.78 is 5.29. The van der Waals surface area contributed by atoms with Gasteiger partial charge in [-0.05, 0) is 48.8 Å². The third-order valence-electron chi connectivity index (χ3n) is 3.47. The largest absolute Gasteiger partial charge is 0.496 e. The summed E-state index contributed by atoms with van der Waals surface area (Å²) in [4.78, 5) is 0. The van der Waals surface area contributed by atoms with Gasteiger partial charge in [-0.15, -0.1) is 0 Å². The van der Waals surface area contributed by atoms with Gasteiger partial charge in [0.2, 0.25) is 0 Å². The van der Waals surface area contributed by atoms with Crippen LogP contribution in [0.15, 0.2) is 18.2 Å². The van der Waals surface area contributed by atoms with Crippen LogP contribution in [0.2, 0.25) is 0 Å². The molecule has 1 fully saturated rings. The van der Waals surface area contributed by atoms with Crippen molar-refractivity contribution in [2.45, 2.75) is 26.2 Å². The van der Waals surface area contributed by atoms with Crippen LogP contribution in [-0.4, -0.2) is 18.8 Å². The SMILES string of the molecule is COc1cccc(CC2(CO)CC2)c1C. The first kappa shape index (κ1) is 10.5. The summed E-state index contributed by atoms with van der Waals surface area (Å²) in [5.74, 6) is 0.946. The van der Waals surface area contributed by atoms with Crippen LogP contribution in [0.4, 0.5) is 0 Å². The van der Waals surface area contributed by atoms with E-state index in [9.17, 15) is 5.11 Å². The van der Waals surface area contributed by atoms with Gasteiger partial charge in [0.15, 0.2) is 0 Å². The quantitative estimate of drug-likeness (QED) is 0.819. The molecule has 0 amide bonds. The summed E-state index contributed by atoms with van der Waals surface area (Å²) in [5.41, 5.74) is 2.69. The number of hydrogen-bond acceptors (Lipinski definition) is 2. The average Bonchev–Trinajstić information content (AvgIpc) is 3.02. The van der Waals surface area contributed by atoms with Crippen LogP contribution in [0.1, 0.15) is 24.0 Å². The van der Waals surface area contributed by atoms with E-state index < -0.39 is 0 Å². The predicted octanol–water partition coefficient (Wildman–Crippen LogP) is 2.32. The maximum Gasteiger partial charge on any atom is 0.122 e. The van der Waals surface area contributed by atoms with Crippen molar-refractivity contribution in [3.63, 3.8) is 0 Å². The van der Waals surface area contributed by atoms with Gasteiger partial charge < -0.3 is 9.84 Å². The van der Waals surface area contributed by atoms with Gasteiger partial charge in [-0.2, -0.15) is 0 Å². The van der Waals surface area contributed by atoms with Crippen molar-refractivity contribution in [1.82, 2.24) is 0 Å². The molecule has 0 atom stereocenters. The molecule has 1 aliphatic rings. The molecule has 0 aromatic heterocycles. The number of rotatable bonds is 4. The number of aliphatic hydroxyl groups is 1. The minimum absolute atomic E-state index is 0.178. The van der Waals surface area contributed by atoms with E-state index in [1.165, 1.54) is 11.1 Å². The van der Waals surface area contributed by atoms with Crippen molar-refractivity contribution in [2.24, 2.45) is 5.41 Å². The number of hydrogen-bond donors (Lipinski definition) is 1. The van der Waals surface area contributed by atoms with Gasteiger partial charge in [0.1, 0.15) is 5.75 Å². The van der Waals surface area contributed by atoms with E-state index in [2.05, 4.69) is 13.0 Å². The highest BCUT2D eigenvalue weighted by Gasteiger charge is 2.42. The molecule has 0 heterocycles. The van der Waals surface area contributed by atoms with Crippen molar-refractivity contribution in [3.05, 3.63) is 29.3 Å². The van der Waals surface area contributed by atoms with E-state index in [0.29, 0.717) is 6.61 Å². The summed E-state index contributed by atoms with van der Waals surface area (Å²) in [6, 6.07) is 6.14. The molecule has 0 saturated heterocycles. The molecular weight excluding hydrogens is 188 g/mol. The van der Waals surface area contributed by atoms with Gasteiger partial charge in [0, 0.05) is 6.61 Å². The number of methoxy groups -OCH3 is 1. The molecule has 2 heteroatoms. The standard InChI is InChI=1S/C13H18O2/c1-10-11(4-3-5-12(10)15-2)8-13(9-14)6-7-13/h3-5,14H,6-9H2,1-2H3. The van der Waals surface area contributed by atoms with E-state index in [1.807, 2.05) is 12.1 Å².